The van der Waals surface area contributed by atoms with Crippen molar-refractivity contribution in [2.24, 2.45) is 5.73 Å². The van der Waals surface area contributed by atoms with Gasteiger partial charge in [-0.1, -0.05) is 24.3 Å². The molecule has 1 fully saturated rings. The summed E-state index contributed by atoms with van der Waals surface area (Å²) in [4.78, 5) is 14.2. The van der Waals surface area contributed by atoms with Gasteiger partial charge in [-0.25, -0.2) is 0 Å². The van der Waals surface area contributed by atoms with Gasteiger partial charge >= 0.3 is 0 Å². The third-order valence-electron chi connectivity index (χ3n) is 3.45. The summed E-state index contributed by atoms with van der Waals surface area (Å²) in [6.45, 7) is 0.996. The van der Waals surface area contributed by atoms with Crippen molar-refractivity contribution in [2.45, 2.75) is 38.3 Å². The van der Waals surface area contributed by atoms with Crippen LogP contribution >= 0.6 is 0 Å². The molecule has 0 atom stereocenters. The van der Waals surface area contributed by atoms with Crippen LogP contribution in [0.5, 0.6) is 0 Å². The Kier molecular flexibility index (Phi) is 4.53. The van der Waals surface area contributed by atoms with Crippen molar-refractivity contribution in [1.29, 1.82) is 5.26 Å². The quantitative estimate of drug-likeness (QED) is 0.841. The summed E-state index contributed by atoms with van der Waals surface area (Å²) >= 11 is 0. The van der Waals surface area contributed by atoms with E-state index in [-0.39, 0.29) is 5.91 Å². The fraction of sp³-hybridized carbons (Fsp3) is 0.467. The van der Waals surface area contributed by atoms with Crippen LogP contribution in [-0.4, -0.2) is 23.4 Å². The molecule has 1 saturated carbocycles. The smallest absolute Gasteiger partial charge is 0.227 e. The van der Waals surface area contributed by atoms with Gasteiger partial charge < -0.3 is 10.6 Å². The van der Waals surface area contributed by atoms with Crippen molar-refractivity contribution in [3.63, 3.8) is 0 Å². The van der Waals surface area contributed by atoms with Crippen molar-refractivity contribution in [2.75, 3.05) is 6.54 Å². The molecule has 4 nitrogen and oxygen atoms in total. The van der Waals surface area contributed by atoms with E-state index in [0.717, 1.165) is 24.0 Å². The maximum atomic E-state index is 12.3. The van der Waals surface area contributed by atoms with Gasteiger partial charge in [-0.3, -0.25) is 4.79 Å². The molecule has 0 unspecified atom stereocenters. The molecule has 0 radical (unpaired) electrons. The lowest BCUT2D eigenvalue weighted by Crippen LogP contribution is -2.35. The summed E-state index contributed by atoms with van der Waals surface area (Å²) in [6, 6.07) is 10.2. The van der Waals surface area contributed by atoms with Crippen LogP contribution in [-0.2, 0) is 17.8 Å². The van der Waals surface area contributed by atoms with Crippen LogP contribution in [0.4, 0.5) is 0 Å². The molecule has 2 rings (SSSR count). The first-order chi connectivity index (χ1) is 9.26. The number of carbonyl (C=O) groups excluding carboxylic acids is 1. The Labute approximate surface area is 113 Å². The molecule has 0 aromatic heterocycles. The Hall–Kier alpha value is -1.86. The highest BCUT2D eigenvalue weighted by Crippen LogP contribution is 2.27. The molecule has 1 aromatic rings. The van der Waals surface area contributed by atoms with Crippen LogP contribution in [0, 0.1) is 11.3 Å². The number of amides is 1. The largest absolute Gasteiger partial charge is 0.338 e. The Balaban J connectivity index is 2.04. The predicted octanol–water partition coefficient (Wildman–Crippen LogP) is 1.59. The molecular formula is C15H19N3O. The molecule has 100 valence electrons. The van der Waals surface area contributed by atoms with Gasteiger partial charge in [0.05, 0.1) is 18.9 Å². The number of benzene rings is 1. The topological polar surface area (TPSA) is 70.1 Å². The number of hydrogen-bond acceptors (Lipinski definition) is 3. The standard InChI is InChI=1S/C15H19N3O/c16-8-3-9-18(14-6-7-14)15(19)10-12-4-1-2-5-13(12)11-17/h1-2,4-5,14H,3,6-7,9-11,17H2. The second-order valence-corrected chi connectivity index (χ2v) is 4.88. The zero-order valence-electron chi connectivity index (χ0n) is 11.0. The van der Waals surface area contributed by atoms with E-state index in [1.165, 1.54) is 0 Å². The van der Waals surface area contributed by atoms with Crippen molar-refractivity contribution in [3.8, 4) is 6.07 Å². The average molecular weight is 257 g/mol. The number of nitrogens with zero attached hydrogens (tertiary/aromatic N) is 2. The Bertz CT molecular complexity index is 488. The third-order valence-corrected chi connectivity index (χ3v) is 3.45. The molecule has 4 heteroatoms. The third kappa shape index (κ3) is 3.55. The van der Waals surface area contributed by atoms with Gasteiger partial charge in [-0.15, -0.1) is 0 Å². The molecule has 0 spiro atoms. The van der Waals surface area contributed by atoms with Crippen LogP contribution in [0.25, 0.3) is 0 Å². The highest BCUT2D eigenvalue weighted by molar-refractivity contribution is 5.79. The molecule has 0 saturated heterocycles. The SMILES string of the molecule is N#CCCN(C(=O)Cc1ccccc1CN)C1CC1. The van der Waals surface area contributed by atoms with Crippen molar-refractivity contribution < 1.29 is 4.79 Å². The number of nitrogens with two attached hydrogens (primary N) is 1. The van der Waals surface area contributed by atoms with E-state index in [1.54, 1.807) is 0 Å². The first-order valence-corrected chi connectivity index (χ1v) is 6.69. The van der Waals surface area contributed by atoms with Crippen LogP contribution in [0.3, 0.4) is 0 Å². The fourth-order valence-electron chi connectivity index (χ4n) is 2.26. The maximum absolute atomic E-state index is 12.3. The molecular weight excluding hydrogens is 238 g/mol. The monoisotopic (exact) mass is 257 g/mol. The minimum absolute atomic E-state index is 0.110. The zero-order valence-corrected chi connectivity index (χ0v) is 11.0. The summed E-state index contributed by atoms with van der Waals surface area (Å²) in [5.41, 5.74) is 7.70. The van der Waals surface area contributed by atoms with Crippen LogP contribution in [0.15, 0.2) is 24.3 Å². The van der Waals surface area contributed by atoms with Gasteiger partial charge in [0.15, 0.2) is 0 Å². The Morgan fingerprint density at radius 1 is 1.37 bits per heavy atom. The fourth-order valence-corrected chi connectivity index (χ4v) is 2.26. The number of carbonyl (C=O) groups is 1. The van der Waals surface area contributed by atoms with Crippen LogP contribution < -0.4 is 5.73 Å². The summed E-state index contributed by atoms with van der Waals surface area (Å²) in [7, 11) is 0. The van der Waals surface area contributed by atoms with Gasteiger partial charge in [0, 0.05) is 19.1 Å². The molecule has 0 bridgehead atoms. The first-order valence-electron chi connectivity index (χ1n) is 6.69. The van der Waals surface area contributed by atoms with E-state index >= 15 is 0 Å². The summed E-state index contributed by atoms with van der Waals surface area (Å²) in [6.07, 6.45) is 2.92. The number of nitriles is 1. The van der Waals surface area contributed by atoms with Gasteiger partial charge in [0.2, 0.25) is 5.91 Å². The maximum Gasteiger partial charge on any atom is 0.227 e. The van der Waals surface area contributed by atoms with Crippen molar-refractivity contribution >= 4 is 5.91 Å². The second-order valence-electron chi connectivity index (χ2n) is 4.88. The van der Waals surface area contributed by atoms with Crippen LogP contribution in [0.1, 0.15) is 30.4 Å². The molecule has 0 heterocycles. The summed E-state index contributed by atoms with van der Waals surface area (Å²) in [5.74, 6) is 0.110. The predicted molar refractivity (Wildman–Crippen MR) is 73.0 cm³/mol. The minimum atomic E-state index is 0.110. The average Bonchev–Trinajstić information content (AvgIpc) is 3.24. The molecule has 1 amide bonds. The zero-order chi connectivity index (χ0) is 13.7. The van der Waals surface area contributed by atoms with Gasteiger partial charge in [-0.2, -0.15) is 5.26 Å². The molecule has 1 aliphatic rings. The Morgan fingerprint density at radius 3 is 2.63 bits per heavy atom. The first kappa shape index (κ1) is 13.6. The molecule has 2 N–H and O–H groups in total. The van der Waals surface area contributed by atoms with Gasteiger partial charge in [0.25, 0.3) is 0 Å². The highest BCUT2D eigenvalue weighted by atomic mass is 16.2. The van der Waals surface area contributed by atoms with Crippen molar-refractivity contribution in [1.82, 2.24) is 4.90 Å². The molecule has 0 aliphatic heterocycles. The molecule has 19 heavy (non-hydrogen) atoms. The minimum Gasteiger partial charge on any atom is -0.338 e. The normalized spacial score (nSPS) is 13.9. The Morgan fingerprint density at radius 2 is 2.05 bits per heavy atom. The lowest BCUT2D eigenvalue weighted by Gasteiger charge is -2.21. The van der Waals surface area contributed by atoms with Gasteiger partial charge in [0.1, 0.15) is 0 Å². The lowest BCUT2D eigenvalue weighted by molar-refractivity contribution is -0.131. The summed E-state index contributed by atoms with van der Waals surface area (Å²) in [5, 5.41) is 8.67. The van der Waals surface area contributed by atoms with E-state index in [9.17, 15) is 4.79 Å². The number of rotatable bonds is 6. The van der Waals surface area contributed by atoms with Gasteiger partial charge in [-0.05, 0) is 24.0 Å². The van der Waals surface area contributed by atoms with E-state index < -0.39 is 0 Å². The van der Waals surface area contributed by atoms with Crippen LogP contribution in [0.2, 0.25) is 0 Å². The summed E-state index contributed by atoms with van der Waals surface area (Å²) < 4.78 is 0. The van der Waals surface area contributed by atoms with Crippen molar-refractivity contribution in [3.05, 3.63) is 35.4 Å². The van der Waals surface area contributed by atoms with E-state index in [1.807, 2.05) is 29.2 Å². The highest BCUT2D eigenvalue weighted by Gasteiger charge is 2.32. The lowest BCUT2D eigenvalue weighted by atomic mass is 10.0. The second kappa shape index (κ2) is 6.35. The number of hydrogen-bond donors (Lipinski definition) is 1. The molecule has 1 aromatic carbocycles. The van der Waals surface area contributed by atoms with E-state index in [2.05, 4.69) is 6.07 Å². The molecule has 1 aliphatic carbocycles. The van der Waals surface area contributed by atoms with E-state index in [4.69, 9.17) is 11.0 Å². The van der Waals surface area contributed by atoms with E-state index in [0.29, 0.717) is 32.0 Å².